The van der Waals surface area contributed by atoms with E-state index in [1.165, 1.54) is 12.1 Å². The average Bonchev–Trinajstić information content (AvgIpc) is 3.09. The number of benzene rings is 2. The minimum absolute atomic E-state index is 0.0444. The van der Waals surface area contributed by atoms with Gasteiger partial charge in [-0.1, -0.05) is 45.9 Å². The molecule has 0 fully saturated rings. The van der Waals surface area contributed by atoms with Gasteiger partial charge in [0, 0.05) is 38.6 Å². The molecule has 0 heterocycles. The zero-order valence-electron chi connectivity index (χ0n) is 31.8. The molecule has 0 aliphatic heterocycles. The molecule has 2 amide bonds. The molecule has 2 aromatic carbocycles. The van der Waals surface area contributed by atoms with Crippen molar-refractivity contribution in [1.82, 2.24) is 5.32 Å². The minimum Gasteiger partial charge on any atom is -0.493 e. The lowest BCUT2D eigenvalue weighted by Crippen LogP contribution is -2.47. The molecular weight excluding hydrogens is 672 g/mol. The largest absolute Gasteiger partial charge is 0.493 e. The van der Waals surface area contributed by atoms with Crippen LogP contribution in [-0.4, -0.2) is 69.0 Å². The Hall–Kier alpha value is -4.43. The molecule has 0 radical (unpaired) electrons. The third kappa shape index (κ3) is 14.3. The van der Waals surface area contributed by atoms with E-state index in [2.05, 4.69) is 24.0 Å². The zero-order chi connectivity index (χ0) is 39.0. The van der Waals surface area contributed by atoms with Gasteiger partial charge in [-0.2, -0.15) is 0 Å². The van der Waals surface area contributed by atoms with Crippen LogP contribution < -0.4 is 26.3 Å². The zero-order valence-corrected chi connectivity index (χ0v) is 31.8. The van der Waals surface area contributed by atoms with Crippen LogP contribution >= 0.6 is 0 Å². The number of nitrogens with zero attached hydrogens (tertiary/aromatic N) is 1. The third-order valence-electron chi connectivity index (χ3n) is 9.26. The van der Waals surface area contributed by atoms with Crippen LogP contribution in [0.5, 0.6) is 11.5 Å². The van der Waals surface area contributed by atoms with Crippen molar-refractivity contribution >= 4 is 17.8 Å². The van der Waals surface area contributed by atoms with Crippen molar-refractivity contribution in [1.29, 1.82) is 0 Å². The summed E-state index contributed by atoms with van der Waals surface area (Å²) in [6.45, 7) is 12.2. The van der Waals surface area contributed by atoms with E-state index in [0.29, 0.717) is 43.1 Å². The first kappa shape index (κ1) is 43.7. The molecule has 0 saturated carbocycles. The van der Waals surface area contributed by atoms with E-state index in [0.717, 1.165) is 12.0 Å². The number of carbonyl (C=O) groups is 3. The van der Waals surface area contributed by atoms with Crippen molar-refractivity contribution in [3.63, 3.8) is 0 Å². The van der Waals surface area contributed by atoms with Gasteiger partial charge in [0.25, 0.3) is 5.09 Å². The Labute approximate surface area is 307 Å². The van der Waals surface area contributed by atoms with Gasteiger partial charge in [-0.15, -0.1) is 10.1 Å². The number of hydrogen-bond donors (Lipinski definition) is 3. The van der Waals surface area contributed by atoms with Gasteiger partial charge in [-0.25, -0.2) is 4.79 Å². The summed E-state index contributed by atoms with van der Waals surface area (Å²) in [5.41, 5.74) is 13.2. The SMILES string of the molecule is COCCCOc1cc(CC(CC(N)C(CC(C(=O)NCC(C)(C)C(N)=O)C(C)C)OC(=O)c2ccc(CO[N+](=O)[O-])cc2)C(C)C)ccc1OC. The molecule has 0 aliphatic rings. The summed E-state index contributed by atoms with van der Waals surface area (Å²) in [6.07, 6.45) is 1.14. The van der Waals surface area contributed by atoms with Gasteiger partial charge in [0.15, 0.2) is 11.5 Å². The molecule has 0 spiro atoms. The van der Waals surface area contributed by atoms with E-state index in [1.54, 1.807) is 40.2 Å². The maximum atomic E-state index is 13.5. The highest BCUT2D eigenvalue weighted by Crippen LogP contribution is 2.32. The Balaban J connectivity index is 2.36. The number of nitrogens with one attached hydrogen (secondary N) is 1. The van der Waals surface area contributed by atoms with E-state index < -0.39 is 40.4 Å². The maximum Gasteiger partial charge on any atom is 0.338 e. The molecule has 2 aromatic rings. The molecular formula is C38H58N4O10. The molecule has 0 bridgehead atoms. The van der Waals surface area contributed by atoms with Crippen molar-refractivity contribution in [2.24, 2.45) is 40.6 Å². The molecule has 4 atom stereocenters. The summed E-state index contributed by atoms with van der Waals surface area (Å²) in [4.78, 5) is 54.0. The van der Waals surface area contributed by atoms with Crippen LogP contribution in [-0.2, 0) is 36.9 Å². The Morgan fingerprint density at radius 2 is 1.58 bits per heavy atom. The fraction of sp³-hybridized carbons (Fsp3) is 0.605. The number of rotatable bonds is 24. The molecule has 14 nitrogen and oxygen atoms in total. The van der Waals surface area contributed by atoms with Crippen LogP contribution in [0.15, 0.2) is 42.5 Å². The van der Waals surface area contributed by atoms with Crippen LogP contribution in [0.2, 0.25) is 0 Å². The number of amides is 2. The number of methoxy groups -OCH3 is 2. The second-order valence-electron chi connectivity index (χ2n) is 14.5. The quantitative estimate of drug-likeness (QED) is 0.0575. The normalized spacial score (nSPS) is 13.9. The standard InChI is InChI=1S/C38H58N4O10/c1-24(2)29(18-27-12-15-32(49-8)34(19-27)50-17-9-16-48-7)20-31(39)33(21-30(25(3)4)35(43)41-23-38(5,6)37(40)45)52-36(44)28-13-10-26(11-14-28)22-51-42(46)47/h10-15,19,24-25,29-31,33H,9,16-18,20-23,39H2,1-8H3,(H2,40,45)(H,41,43). The second kappa shape index (κ2) is 21.2. The van der Waals surface area contributed by atoms with Gasteiger partial charge < -0.3 is 40.6 Å². The van der Waals surface area contributed by atoms with Crippen LogP contribution in [0.25, 0.3) is 0 Å². The van der Waals surface area contributed by atoms with Crippen molar-refractivity contribution in [3.05, 3.63) is 69.3 Å². The topological polar surface area (TPSA) is 205 Å². The Morgan fingerprint density at radius 3 is 2.13 bits per heavy atom. The molecule has 52 heavy (non-hydrogen) atoms. The summed E-state index contributed by atoms with van der Waals surface area (Å²) in [6, 6.07) is 11.3. The van der Waals surface area contributed by atoms with Crippen molar-refractivity contribution < 1.29 is 43.3 Å². The molecule has 14 heteroatoms. The lowest BCUT2D eigenvalue weighted by molar-refractivity contribution is -0.763. The lowest BCUT2D eigenvalue weighted by atomic mass is 9.80. The van der Waals surface area contributed by atoms with E-state index in [9.17, 15) is 24.5 Å². The predicted octanol–water partition coefficient (Wildman–Crippen LogP) is 4.87. The summed E-state index contributed by atoms with van der Waals surface area (Å²) in [7, 11) is 3.24. The summed E-state index contributed by atoms with van der Waals surface area (Å²) in [5.74, 6) is -0.729. The molecule has 4 unspecified atom stereocenters. The predicted molar refractivity (Wildman–Crippen MR) is 196 cm³/mol. The van der Waals surface area contributed by atoms with Gasteiger partial charge in [-0.3, -0.25) is 9.59 Å². The van der Waals surface area contributed by atoms with Crippen LogP contribution in [0.3, 0.4) is 0 Å². The first-order chi connectivity index (χ1) is 24.5. The molecule has 290 valence electrons. The Bertz CT molecular complexity index is 1450. The fourth-order valence-electron chi connectivity index (χ4n) is 5.58. The van der Waals surface area contributed by atoms with Gasteiger partial charge in [0.05, 0.1) is 24.7 Å². The van der Waals surface area contributed by atoms with Crippen LogP contribution in [0.4, 0.5) is 0 Å². The molecule has 0 aromatic heterocycles. The van der Waals surface area contributed by atoms with Crippen molar-refractivity contribution in [2.75, 3.05) is 34.0 Å². The third-order valence-corrected chi connectivity index (χ3v) is 9.26. The summed E-state index contributed by atoms with van der Waals surface area (Å²) >= 11 is 0. The van der Waals surface area contributed by atoms with Crippen LogP contribution in [0, 0.1) is 39.2 Å². The minimum atomic E-state index is -0.961. The van der Waals surface area contributed by atoms with Crippen LogP contribution in [0.1, 0.15) is 82.3 Å². The first-order valence-electron chi connectivity index (χ1n) is 17.7. The number of nitrogens with two attached hydrogens (primary N) is 2. The molecule has 5 N–H and O–H groups in total. The van der Waals surface area contributed by atoms with Crippen molar-refractivity contribution in [3.8, 4) is 11.5 Å². The number of primary amides is 1. The highest BCUT2D eigenvalue weighted by atomic mass is 16.9. The smallest absolute Gasteiger partial charge is 0.338 e. The molecule has 2 rings (SSSR count). The maximum absolute atomic E-state index is 13.5. The number of ether oxygens (including phenoxy) is 4. The lowest BCUT2D eigenvalue weighted by Gasteiger charge is -2.33. The number of esters is 1. The van der Waals surface area contributed by atoms with Gasteiger partial charge in [0.1, 0.15) is 12.7 Å². The number of hydrogen-bond acceptors (Lipinski definition) is 11. The van der Waals surface area contributed by atoms with E-state index in [-0.39, 0.29) is 48.8 Å². The average molecular weight is 731 g/mol. The monoisotopic (exact) mass is 730 g/mol. The summed E-state index contributed by atoms with van der Waals surface area (Å²) in [5, 5.41) is 12.6. The molecule has 0 aliphatic carbocycles. The highest BCUT2D eigenvalue weighted by Gasteiger charge is 2.35. The van der Waals surface area contributed by atoms with E-state index >= 15 is 0 Å². The van der Waals surface area contributed by atoms with E-state index in [1.807, 2.05) is 32.0 Å². The van der Waals surface area contributed by atoms with E-state index in [4.69, 9.17) is 30.4 Å². The second-order valence-corrected chi connectivity index (χ2v) is 14.5. The Kier molecular flexibility index (Phi) is 17.8. The van der Waals surface area contributed by atoms with Gasteiger partial charge >= 0.3 is 5.97 Å². The van der Waals surface area contributed by atoms with Gasteiger partial charge in [0.2, 0.25) is 11.8 Å². The summed E-state index contributed by atoms with van der Waals surface area (Å²) < 4.78 is 22.7. The van der Waals surface area contributed by atoms with Crippen molar-refractivity contribution in [2.45, 2.75) is 86.0 Å². The fourth-order valence-corrected chi connectivity index (χ4v) is 5.58. The molecule has 0 saturated heterocycles. The first-order valence-corrected chi connectivity index (χ1v) is 17.7. The van der Waals surface area contributed by atoms with Gasteiger partial charge in [-0.05, 0) is 86.3 Å². The number of carbonyl (C=O) groups excluding carboxylic acids is 3. The highest BCUT2D eigenvalue weighted by molar-refractivity contribution is 5.89. The Morgan fingerprint density at radius 1 is 0.923 bits per heavy atom.